The first-order valence-corrected chi connectivity index (χ1v) is 9.61. The standard InChI is InChI=1S/C21H25N3O5S/c1-13(2)12-29-16-7-5-6-14(10-16)19(25)22-21(30)24-23-20(26)15-8-9-17(27-3)18(11-15)28-4/h5-11,13H,12H2,1-4H3,(H,23,26)(H2,22,24,25,30). The van der Waals surface area contributed by atoms with Crippen LogP contribution in [0.15, 0.2) is 42.5 Å². The van der Waals surface area contributed by atoms with Crippen LogP contribution in [0.2, 0.25) is 0 Å². The third kappa shape index (κ3) is 6.63. The first kappa shape index (κ1) is 23.0. The summed E-state index contributed by atoms with van der Waals surface area (Å²) in [7, 11) is 2.98. The summed E-state index contributed by atoms with van der Waals surface area (Å²) in [4.78, 5) is 24.7. The molecule has 0 saturated carbocycles. The van der Waals surface area contributed by atoms with Crippen LogP contribution in [0.3, 0.4) is 0 Å². The lowest BCUT2D eigenvalue weighted by Crippen LogP contribution is -2.48. The molecule has 2 aromatic carbocycles. The molecule has 2 amide bonds. The molecule has 0 fully saturated rings. The van der Waals surface area contributed by atoms with Crippen molar-refractivity contribution in [3.8, 4) is 17.2 Å². The molecular formula is C21H25N3O5S. The molecule has 3 N–H and O–H groups in total. The number of hydrogen-bond donors (Lipinski definition) is 3. The van der Waals surface area contributed by atoms with Gasteiger partial charge in [0, 0.05) is 11.1 Å². The molecule has 8 nitrogen and oxygen atoms in total. The number of thiocarbonyl (C=S) groups is 1. The second-order valence-electron chi connectivity index (χ2n) is 6.66. The van der Waals surface area contributed by atoms with E-state index in [1.165, 1.54) is 20.3 Å². The van der Waals surface area contributed by atoms with E-state index in [9.17, 15) is 9.59 Å². The average molecular weight is 432 g/mol. The Labute approximate surface area is 180 Å². The molecule has 0 aromatic heterocycles. The van der Waals surface area contributed by atoms with Crippen molar-refractivity contribution in [3.63, 3.8) is 0 Å². The minimum atomic E-state index is -0.461. The quantitative estimate of drug-likeness (QED) is 0.458. The van der Waals surface area contributed by atoms with E-state index in [1.807, 2.05) is 13.8 Å². The maximum absolute atomic E-state index is 12.4. The lowest BCUT2D eigenvalue weighted by molar-refractivity contribution is 0.0934. The van der Waals surface area contributed by atoms with Gasteiger partial charge in [-0.3, -0.25) is 25.8 Å². The molecule has 9 heteroatoms. The van der Waals surface area contributed by atoms with Gasteiger partial charge in [0.1, 0.15) is 5.75 Å². The van der Waals surface area contributed by atoms with Crippen molar-refractivity contribution in [3.05, 3.63) is 53.6 Å². The molecule has 2 aromatic rings. The summed E-state index contributed by atoms with van der Waals surface area (Å²) in [5.41, 5.74) is 5.63. The molecular weight excluding hydrogens is 406 g/mol. The van der Waals surface area contributed by atoms with E-state index in [2.05, 4.69) is 16.2 Å². The SMILES string of the molecule is COc1ccc(C(=O)NNC(=S)NC(=O)c2cccc(OCC(C)C)c2)cc1OC. The van der Waals surface area contributed by atoms with Crippen LogP contribution in [-0.4, -0.2) is 37.8 Å². The molecule has 0 unspecified atom stereocenters. The number of carbonyl (C=O) groups is 2. The maximum atomic E-state index is 12.4. The summed E-state index contributed by atoms with van der Waals surface area (Å²) in [5.74, 6) is 0.995. The normalized spacial score (nSPS) is 10.2. The number of ether oxygens (including phenoxy) is 3. The van der Waals surface area contributed by atoms with Gasteiger partial charge in [0.25, 0.3) is 11.8 Å². The molecule has 160 valence electrons. The molecule has 0 heterocycles. The molecule has 0 aliphatic heterocycles. The lowest BCUT2D eigenvalue weighted by Gasteiger charge is -2.13. The van der Waals surface area contributed by atoms with Gasteiger partial charge in [-0.25, -0.2) is 0 Å². The summed E-state index contributed by atoms with van der Waals surface area (Å²) < 4.78 is 15.9. The lowest BCUT2D eigenvalue weighted by atomic mass is 10.2. The van der Waals surface area contributed by atoms with E-state index in [0.717, 1.165) is 0 Å². The Bertz CT molecular complexity index is 917. The molecule has 2 rings (SSSR count). The highest BCUT2D eigenvalue weighted by molar-refractivity contribution is 7.80. The van der Waals surface area contributed by atoms with Crippen molar-refractivity contribution >= 4 is 29.1 Å². The van der Waals surface area contributed by atoms with Crippen molar-refractivity contribution in [1.29, 1.82) is 0 Å². The maximum Gasteiger partial charge on any atom is 0.269 e. The highest BCUT2D eigenvalue weighted by Gasteiger charge is 2.13. The Kier molecular flexibility index (Phi) is 8.42. The molecule has 0 bridgehead atoms. The highest BCUT2D eigenvalue weighted by atomic mass is 32.1. The first-order valence-electron chi connectivity index (χ1n) is 9.20. The van der Waals surface area contributed by atoms with Crippen molar-refractivity contribution in [2.24, 2.45) is 5.92 Å². The summed E-state index contributed by atoms with van der Waals surface area (Å²) in [6.45, 7) is 4.63. The fraction of sp³-hybridized carbons (Fsp3) is 0.286. The number of nitrogens with one attached hydrogen (secondary N) is 3. The number of hydrogen-bond acceptors (Lipinski definition) is 6. The number of carbonyl (C=O) groups excluding carboxylic acids is 2. The zero-order valence-electron chi connectivity index (χ0n) is 17.3. The third-order valence-corrected chi connectivity index (χ3v) is 4.05. The molecule has 0 atom stereocenters. The topological polar surface area (TPSA) is 97.9 Å². The Morgan fingerprint density at radius 1 is 0.933 bits per heavy atom. The molecule has 0 aliphatic carbocycles. The van der Waals surface area contributed by atoms with Crippen molar-refractivity contribution in [1.82, 2.24) is 16.2 Å². The molecule has 0 radical (unpaired) electrons. The minimum absolute atomic E-state index is 0.0534. The van der Waals surface area contributed by atoms with Gasteiger partial charge in [-0.1, -0.05) is 19.9 Å². The fourth-order valence-corrected chi connectivity index (χ4v) is 2.50. The molecule has 30 heavy (non-hydrogen) atoms. The minimum Gasteiger partial charge on any atom is -0.493 e. The Morgan fingerprint density at radius 3 is 2.30 bits per heavy atom. The average Bonchev–Trinajstić information content (AvgIpc) is 2.75. The van der Waals surface area contributed by atoms with Crippen molar-refractivity contribution in [2.45, 2.75) is 13.8 Å². The molecule has 0 spiro atoms. The number of benzene rings is 2. The monoisotopic (exact) mass is 431 g/mol. The first-order chi connectivity index (χ1) is 14.3. The van der Waals surface area contributed by atoms with E-state index in [4.69, 9.17) is 26.4 Å². The predicted octanol–water partition coefficient (Wildman–Crippen LogP) is 2.69. The van der Waals surface area contributed by atoms with Crippen LogP contribution in [0, 0.1) is 5.92 Å². The van der Waals surface area contributed by atoms with Crippen LogP contribution in [0.1, 0.15) is 34.6 Å². The van der Waals surface area contributed by atoms with Gasteiger partial charge in [-0.15, -0.1) is 0 Å². The van der Waals surface area contributed by atoms with Gasteiger partial charge in [-0.2, -0.15) is 0 Å². The van der Waals surface area contributed by atoms with E-state index in [1.54, 1.807) is 36.4 Å². The van der Waals surface area contributed by atoms with Gasteiger partial charge in [0.2, 0.25) is 0 Å². The smallest absolute Gasteiger partial charge is 0.269 e. The second-order valence-corrected chi connectivity index (χ2v) is 7.07. The van der Waals surface area contributed by atoms with Crippen LogP contribution in [0.5, 0.6) is 17.2 Å². The number of hydrazine groups is 1. The van der Waals surface area contributed by atoms with Gasteiger partial charge >= 0.3 is 0 Å². The Balaban J connectivity index is 1.90. The van der Waals surface area contributed by atoms with Crippen LogP contribution in [0.25, 0.3) is 0 Å². The van der Waals surface area contributed by atoms with Crippen molar-refractivity contribution in [2.75, 3.05) is 20.8 Å². The largest absolute Gasteiger partial charge is 0.493 e. The number of rotatable bonds is 7. The third-order valence-electron chi connectivity index (χ3n) is 3.84. The number of methoxy groups -OCH3 is 2. The van der Waals surface area contributed by atoms with Gasteiger partial charge in [0.05, 0.1) is 20.8 Å². The van der Waals surface area contributed by atoms with E-state index in [-0.39, 0.29) is 5.11 Å². The summed E-state index contributed by atoms with van der Waals surface area (Å²) in [5, 5.41) is 2.45. The van der Waals surface area contributed by atoms with Gasteiger partial charge < -0.3 is 14.2 Å². The zero-order chi connectivity index (χ0) is 22.1. The van der Waals surface area contributed by atoms with E-state index < -0.39 is 11.8 Å². The van der Waals surface area contributed by atoms with Gasteiger partial charge in [0.15, 0.2) is 16.6 Å². The van der Waals surface area contributed by atoms with Gasteiger partial charge in [-0.05, 0) is 54.5 Å². The fourth-order valence-electron chi connectivity index (χ4n) is 2.36. The number of amides is 2. The van der Waals surface area contributed by atoms with Crippen LogP contribution in [-0.2, 0) is 0 Å². The summed E-state index contributed by atoms with van der Waals surface area (Å²) >= 11 is 5.07. The van der Waals surface area contributed by atoms with Crippen LogP contribution in [0.4, 0.5) is 0 Å². The molecule has 0 saturated heterocycles. The summed E-state index contributed by atoms with van der Waals surface area (Å²) in [6, 6.07) is 11.5. The van der Waals surface area contributed by atoms with E-state index in [0.29, 0.717) is 40.9 Å². The Hall–Kier alpha value is -3.33. The highest BCUT2D eigenvalue weighted by Crippen LogP contribution is 2.27. The van der Waals surface area contributed by atoms with Crippen LogP contribution < -0.4 is 30.4 Å². The predicted molar refractivity (Wildman–Crippen MR) is 117 cm³/mol. The second kappa shape index (κ2) is 11.0. The van der Waals surface area contributed by atoms with Crippen LogP contribution >= 0.6 is 12.2 Å². The van der Waals surface area contributed by atoms with E-state index >= 15 is 0 Å². The summed E-state index contributed by atoms with van der Waals surface area (Å²) in [6.07, 6.45) is 0. The Morgan fingerprint density at radius 2 is 1.63 bits per heavy atom. The van der Waals surface area contributed by atoms with Crippen molar-refractivity contribution < 1.29 is 23.8 Å². The molecule has 0 aliphatic rings. The zero-order valence-corrected chi connectivity index (χ0v) is 18.1.